The van der Waals surface area contributed by atoms with Gasteiger partial charge in [0.25, 0.3) is 5.91 Å². The minimum atomic E-state index is -0.428. The first-order chi connectivity index (χ1) is 13.9. The fraction of sp³-hybridized carbons (Fsp3) is 0.700. The van der Waals surface area contributed by atoms with Gasteiger partial charge in [-0.25, -0.2) is 9.99 Å². The first-order valence-electron chi connectivity index (χ1n) is 10.7. The number of hydrazine groups is 1. The Bertz CT molecular complexity index is 855. The zero-order valence-corrected chi connectivity index (χ0v) is 17.1. The second-order valence-corrected chi connectivity index (χ2v) is 9.23. The Kier molecular flexibility index (Phi) is 4.38. The first kappa shape index (κ1) is 18.6. The predicted molar refractivity (Wildman–Crippen MR) is 105 cm³/mol. The summed E-state index contributed by atoms with van der Waals surface area (Å²) < 4.78 is 0. The van der Waals surface area contributed by atoms with E-state index in [1.54, 1.807) is 4.90 Å². The second kappa shape index (κ2) is 6.83. The Morgan fingerprint density at radius 1 is 1.34 bits per heavy atom. The van der Waals surface area contributed by atoms with Gasteiger partial charge < -0.3 is 10.2 Å². The average molecular weight is 399 g/mol. The highest BCUT2D eigenvalue weighted by Crippen LogP contribution is 2.42. The Hall–Kier alpha value is -2.42. The molecular formula is C20H29N7O2. The summed E-state index contributed by atoms with van der Waals surface area (Å²) in [6.45, 7) is 4.97. The minimum absolute atomic E-state index is 0.0132. The fourth-order valence-electron chi connectivity index (χ4n) is 4.62. The van der Waals surface area contributed by atoms with Crippen LogP contribution in [0.1, 0.15) is 67.8 Å². The molecule has 0 spiro atoms. The van der Waals surface area contributed by atoms with Crippen molar-refractivity contribution in [2.24, 2.45) is 5.41 Å². The van der Waals surface area contributed by atoms with E-state index in [1.165, 1.54) is 19.3 Å². The van der Waals surface area contributed by atoms with Crippen LogP contribution in [-0.4, -0.2) is 74.6 Å². The van der Waals surface area contributed by atoms with E-state index < -0.39 is 5.92 Å². The van der Waals surface area contributed by atoms with Gasteiger partial charge in [-0.05, 0) is 43.6 Å². The van der Waals surface area contributed by atoms with Crippen molar-refractivity contribution in [2.45, 2.75) is 57.4 Å². The van der Waals surface area contributed by atoms with E-state index >= 15 is 0 Å². The molecule has 2 N–H and O–H groups in total. The zero-order chi connectivity index (χ0) is 20.2. The molecule has 4 aliphatic rings. The summed E-state index contributed by atoms with van der Waals surface area (Å²) >= 11 is 0. The number of aromatic nitrogens is 3. The summed E-state index contributed by atoms with van der Waals surface area (Å²) in [6.07, 6.45) is 8.64. The standard InChI is InChI=1S/C20H29N7O2/c1-20(8-3-9-20)12-26-10-7-15-25(2)19(29)14(6-11-27(15)26)16-22-17(24-23-16)18(28)21-13-4-5-13/h7,13-14H,3-6,8-12H2,1-2H3,(H,21,28)(H,22,23,24)/t14-/m0/s1. The second-order valence-electron chi connectivity index (χ2n) is 9.23. The highest BCUT2D eigenvalue weighted by atomic mass is 16.2. The minimum Gasteiger partial charge on any atom is -0.347 e. The normalized spacial score (nSPS) is 26.6. The molecule has 156 valence electrons. The van der Waals surface area contributed by atoms with Crippen LogP contribution in [0, 0.1) is 5.41 Å². The summed E-state index contributed by atoms with van der Waals surface area (Å²) in [6, 6.07) is 0.248. The van der Waals surface area contributed by atoms with E-state index in [-0.39, 0.29) is 23.7 Å². The van der Waals surface area contributed by atoms with Gasteiger partial charge in [-0.1, -0.05) is 13.3 Å². The van der Waals surface area contributed by atoms with Gasteiger partial charge in [-0.2, -0.15) is 0 Å². The van der Waals surface area contributed by atoms with Gasteiger partial charge in [0.2, 0.25) is 11.7 Å². The molecule has 5 rings (SSSR count). The molecule has 0 radical (unpaired) electrons. The zero-order valence-electron chi connectivity index (χ0n) is 17.1. The third-order valence-corrected chi connectivity index (χ3v) is 6.77. The monoisotopic (exact) mass is 399 g/mol. The van der Waals surface area contributed by atoms with Crippen LogP contribution >= 0.6 is 0 Å². The Morgan fingerprint density at radius 2 is 2.14 bits per heavy atom. The molecule has 2 saturated carbocycles. The maximum Gasteiger partial charge on any atom is 0.291 e. The molecule has 29 heavy (non-hydrogen) atoms. The van der Waals surface area contributed by atoms with E-state index in [2.05, 4.69) is 43.5 Å². The van der Waals surface area contributed by atoms with Crippen molar-refractivity contribution in [2.75, 3.05) is 26.7 Å². The highest BCUT2D eigenvalue weighted by molar-refractivity contribution is 5.91. The number of likely N-dealkylation sites (N-methyl/N-ethyl adjacent to an activating group) is 1. The van der Waals surface area contributed by atoms with Gasteiger partial charge in [-0.3, -0.25) is 19.7 Å². The van der Waals surface area contributed by atoms with Crippen LogP contribution in [0.2, 0.25) is 0 Å². The van der Waals surface area contributed by atoms with Crippen LogP contribution in [0.5, 0.6) is 0 Å². The van der Waals surface area contributed by atoms with Gasteiger partial charge in [0, 0.05) is 32.7 Å². The molecule has 2 amide bonds. The van der Waals surface area contributed by atoms with E-state index in [9.17, 15) is 9.59 Å². The maximum absolute atomic E-state index is 13.2. The smallest absolute Gasteiger partial charge is 0.291 e. The summed E-state index contributed by atoms with van der Waals surface area (Å²) in [5.41, 5.74) is 0.381. The lowest BCUT2D eigenvalue weighted by Crippen LogP contribution is -2.47. The van der Waals surface area contributed by atoms with Crippen LogP contribution in [0.15, 0.2) is 11.9 Å². The molecule has 9 heteroatoms. The number of fused-ring (bicyclic) bond motifs is 1. The Balaban J connectivity index is 1.31. The number of nitrogens with one attached hydrogen (secondary N) is 2. The van der Waals surface area contributed by atoms with E-state index in [1.807, 2.05) is 7.05 Å². The molecule has 3 heterocycles. The molecule has 1 saturated heterocycles. The van der Waals surface area contributed by atoms with Gasteiger partial charge >= 0.3 is 0 Å². The largest absolute Gasteiger partial charge is 0.347 e. The maximum atomic E-state index is 13.2. The number of carbonyl (C=O) groups excluding carboxylic acids is 2. The third kappa shape index (κ3) is 3.41. The molecule has 0 aromatic carbocycles. The SMILES string of the molecule is CN1C(=O)[C@H](c2nc(C(=O)NC3CC3)n[nH]2)CCN2C1=CCN2CC1(C)CCC1. The van der Waals surface area contributed by atoms with E-state index in [0.717, 1.165) is 38.3 Å². The van der Waals surface area contributed by atoms with E-state index in [0.29, 0.717) is 17.7 Å². The Morgan fingerprint density at radius 3 is 2.83 bits per heavy atom. The molecule has 1 aromatic heterocycles. The molecular weight excluding hydrogens is 370 g/mol. The van der Waals surface area contributed by atoms with Crippen LogP contribution in [0.4, 0.5) is 0 Å². The molecule has 3 fully saturated rings. The summed E-state index contributed by atoms with van der Waals surface area (Å²) in [7, 11) is 1.82. The highest BCUT2D eigenvalue weighted by Gasteiger charge is 2.41. The molecule has 2 aliphatic carbocycles. The Labute approximate surface area is 170 Å². The summed E-state index contributed by atoms with van der Waals surface area (Å²) in [5.74, 6) is 0.829. The van der Waals surface area contributed by atoms with Crippen LogP contribution in [0.3, 0.4) is 0 Å². The molecule has 0 bridgehead atoms. The number of aromatic amines is 1. The van der Waals surface area contributed by atoms with Crippen molar-refractivity contribution in [3.05, 3.63) is 23.5 Å². The average Bonchev–Trinajstić information content (AvgIpc) is 3.23. The molecule has 1 aromatic rings. The van der Waals surface area contributed by atoms with Crippen molar-refractivity contribution < 1.29 is 9.59 Å². The quantitative estimate of drug-likeness (QED) is 0.772. The van der Waals surface area contributed by atoms with Gasteiger partial charge in [0.05, 0.1) is 5.92 Å². The van der Waals surface area contributed by atoms with Crippen molar-refractivity contribution in [1.29, 1.82) is 0 Å². The third-order valence-electron chi connectivity index (χ3n) is 6.77. The number of hydrogen-bond donors (Lipinski definition) is 2. The molecule has 9 nitrogen and oxygen atoms in total. The predicted octanol–water partition coefficient (Wildman–Crippen LogP) is 1.21. The number of rotatable bonds is 5. The number of nitrogens with zero attached hydrogens (tertiary/aromatic N) is 5. The number of H-pyrrole nitrogens is 1. The van der Waals surface area contributed by atoms with Gasteiger partial charge in [-0.15, -0.1) is 5.10 Å². The van der Waals surface area contributed by atoms with Gasteiger partial charge in [0.15, 0.2) is 0 Å². The number of carbonyl (C=O) groups is 2. The first-order valence-corrected chi connectivity index (χ1v) is 10.7. The molecule has 2 aliphatic heterocycles. The van der Waals surface area contributed by atoms with Crippen LogP contribution in [-0.2, 0) is 4.79 Å². The van der Waals surface area contributed by atoms with Crippen molar-refractivity contribution in [1.82, 2.24) is 35.4 Å². The van der Waals surface area contributed by atoms with Crippen molar-refractivity contribution in [3.8, 4) is 0 Å². The van der Waals surface area contributed by atoms with E-state index in [4.69, 9.17) is 0 Å². The van der Waals surface area contributed by atoms with Crippen LogP contribution in [0.25, 0.3) is 0 Å². The number of hydrogen-bond acceptors (Lipinski definition) is 6. The van der Waals surface area contributed by atoms with Crippen molar-refractivity contribution >= 4 is 11.8 Å². The molecule has 0 unspecified atom stereocenters. The number of amides is 2. The lowest BCUT2D eigenvalue weighted by atomic mass is 9.70. The molecule has 1 atom stereocenters. The lowest BCUT2D eigenvalue weighted by molar-refractivity contribution is -0.130. The van der Waals surface area contributed by atoms with Crippen LogP contribution < -0.4 is 5.32 Å². The van der Waals surface area contributed by atoms with Crippen molar-refractivity contribution in [3.63, 3.8) is 0 Å². The topological polar surface area (TPSA) is 97.5 Å². The van der Waals surface area contributed by atoms with Gasteiger partial charge in [0.1, 0.15) is 11.6 Å². The summed E-state index contributed by atoms with van der Waals surface area (Å²) in [5, 5.41) is 14.4. The fourth-order valence-corrected chi connectivity index (χ4v) is 4.62. The lowest BCUT2D eigenvalue weighted by Gasteiger charge is -2.44. The summed E-state index contributed by atoms with van der Waals surface area (Å²) in [4.78, 5) is 31.5.